The lowest BCUT2D eigenvalue weighted by Crippen LogP contribution is -2.40. The number of fused-ring (bicyclic) bond motifs is 3. The minimum atomic E-state index is -0.431. The van der Waals surface area contributed by atoms with Crippen molar-refractivity contribution in [3.8, 4) is 16.9 Å². The van der Waals surface area contributed by atoms with Crippen molar-refractivity contribution in [3.05, 3.63) is 86.2 Å². The van der Waals surface area contributed by atoms with Crippen molar-refractivity contribution in [1.82, 2.24) is 23.1 Å². The van der Waals surface area contributed by atoms with Gasteiger partial charge < -0.3 is 4.74 Å². The van der Waals surface area contributed by atoms with Gasteiger partial charge in [0.05, 0.1) is 24.5 Å². The molecule has 0 saturated carbocycles. The first kappa shape index (κ1) is 21.2. The highest BCUT2D eigenvalue weighted by molar-refractivity contribution is 6.30. The van der Waals surface area contributed by atoms with Gasteiger partial charge in [-0.05, 0) is 24.6 Å². The van der Waals surface area contributed by atoms with Crippen molar-refractivity contribution < 1.29 is 4.74 Å². The Kier molecular flexibility index (Phi) is 5.19. The van der Waals surface area contributed by atoms with Gasteiger partial charge in [0.1, 0.15) is 0 Å². The average molecular weight is 464 g/mol. The molecule has 5 aromatic rings. The van der Waals surface area contributed by atoms with Gasteiger partial charge in [-0.15, -0.1) is 0 Å². The van der Waals surface area contributed by atoms with Crippen LogP contribution in [0.2, 0.25) is 5.02 Å². The number of halogens is 1. The van der Waals surface area contributed by atoms with Crippen LogP contribution in [-0.4, -0.2) is 36.8 Å². The van der Waals surface area contributed by atoms with Gasteiger partial charge in [-0.1, -0.05) is 48.0 Å². The van der Waals surface area contributed by atoms with E-state index >= 15 is 0 Å². The Morgan fingerprint density at radius 1 is 1.09 bits per heavy atom. The van der Waals surface area contributed by atoms with Gasteiger partial charge >= 0.3 is 5.69 Å². The number of aromatic nitrogens is 5. The monoisotopic (exact) mass is 463 g/mol. The number of hydrogen-bond donors (Lipinski definition) is 0. The number of ether oxygens (including phenoxy) is 1. The standard InChI is InChI=1S/C24H22ClN5O3/c1-15-9-10-17(25)13-18(15)30-19(16-7-5-4-6-8-16)14-29-20-21(26-23(29)30)27(2)24(32)28(22(20)31)11-12-33-3/h4-10,13-14H,11-12H2,1-3H3. The summed E-state index contributed by atoms with van der Waals surface area (Å²) in [6, 6.07) is 15.5. The fourth-order valence-electron chi connectivity index (χ4n) is 4.15. The van der Waals surface area contributed by atoms with Crippen LogP contribution in [0.3, 0.4) is 0 Å². The van der Waals surface area contributed by atoms with E-state index in [1.54, 1.807) is 11.4 Å². The third kappa shape index (κ3) is 3.30. The van der Waals surface area contributed by atoms with E-state index in [0.717, 1.165) is 22.5 Å². The number of hydrogen-bond acceptors (Lipinski definition) is 4. The molecule has 3 heterocycles. The zero-order chi connectivity index (χ0) is 23.3. The number of imidazole rings is 2. The Hall–Kier alpha value is -3.62. The van der Waals surface area contributed by atoms with Crippen LogP contribution in [0.4, 0.5) is 0 Å². The van der Waals surface area contributed by atoms with Crippen molar-refractivity contribution in [3.63, 3.8) is 0 Å². The van der Waals surface area contributed by atoms with E-state index in [2.05, 4.69) is 0 Å². The van der Waals surface area contributed by atoms with Crippen LogP contribution in [0.5, 0.6) is 0 Å². The quantitative estimate of drug-likeness (QED) is 0.400. The second-order valence-corrected chi connectivity index (χ2v) is 8.33. The molecule has 0 aliphatic carbocycles. The molecule has 0 unspecified atom stereocenters. The minimum Gasteiger partial charge on any atom is -0.383 e. The summed E-state index contributed by atoms with van der Waals surface area (Å²) >= 11 is 6.35. The molecule has 168 valence electrons. The van der Waals surface area contributed by atoms with Gasteiger partial charge in [0, 0.05) is 30.9 Å². The number of methoxy groups -OCH3 is 1. The number of aryl methyl sites for hydroxylation is 2. The molecule has 9 heteroatoms. The van der Waals surface area contributed by atoms with Crippen molar-refractivity contribution in [1.29, 1.82) is 0 Å². The highest BCUT2D eigenvalue weighted by Gasteiger charge is 2.23. The first-order valence-electron chi connectivity index (χ1n) is 10.5. The summed E-state index contributed by atoms with van der Waals surface area (Å²) in [7, 11) is 3.15. The molecule has 0 fully saturated rings. The number of nitrogens with zero attached hydrogens (tertiary/aromatic N) is 5. The summed E-state index contributed by atoms with van der Waals surface area (Å²) in [4.78, 5) is 31.0. The smallest absolute Gasteiger partial charge is 0.332 e. The molecule has 8 nitrogen and oxygen atoms in total. The van der Waals surface area contributed by atoms with E-state index in [1.165, 1.54) is 16.2 Å². The minimum absolute atomic E-state index is 0.158. The third-order valence-electron chi connectivity index (χ3n) is 5.85. The Balaban J connectivity index is 1.94. The van der Waals surface area contributed by atoms with Crippen molar-refractivity contribution in [2.24, 2.45) is 7.05 Å². The maximum atomic E-state index is 13.4. The molecule has 0 saturated heterocycles. The Morgan fingerprint density at radius 3 is 2.58 bits per heavy atom. The molecule has 2 aromatic carbocycles. The SMILES string of the molecule is COCCn1c(=O)c2c(nc3n(-c4cc(Cl)ccc4C)c(-c4ccccc4)cn23)n(C)c1=O. The Labute approximate surface area is 193 Å². The summed E-state index contributed by atoms with van der Waals surface area (Å²) in [5.41, 5.74) is 3.46. The van der Waals surface area contributed by atoms with Crippen LogP contribution in [0.1, 0.15) is 5.56 Å². The summed E-state index contributed by atoms with van der Waals surface area (Å²) in [5.74, 6) is 0.519. The van der Waals surface area contributed by atoms with Gasteiger partial charge in [-0.2, -0.15) is 4.98 Å². The zero-order valence-corrected chi connectivity index (χ0v) is 19.2. The van der Waals surface area contributed by atoms with E-state index in [-0.39, 0.29) is 13.2 Å². The molecule has 0 atom stereocenters. The molecule has 5 rings (SSSR count). The summed E-state index contributed by atoms with van der Waals surface area (Å²) in [6.07, 6.45) is 1.88. The Morgan fingerprint density at radius 2 is 1.85 bits per heavy atom. The molecule has 0 radical (unpaired) electrons. The van der Waals surface area contributed by atoms with Crippen molar-refractivity contribution >= 4 is 28.5 Å². The first-order valence-corrected chi connectivity index (χ1v) is 10.8. The van der Waals surface area contributed by atoms with Gasteiger partial charge in [0.25, 0.3) is 5.56 Å². The molecule has 0 spiro atoms. The summed E-state index contributed by atoms with van der Waals surface area (Å²) < 4.78 is 11.4. The predicted molar refractivity (Wildman–Crippen MR) is 129 cm³/mol. The lowest BCUT2D eigenvalue weighted by molar-refractivity contribution is 0.184. The molecule has 0 amide bonds. The largest absolute Gasteiger partial charge is 0.383 e. The van der Waals surface area contributed by atoms with Crippen LogP contribution >= 0.6 is 11.6 Å². The molecule has 0 aliphatic rings. The fraction of sp³-hybridized carbons (Fsp3) is 0.208. The molecule has 0 aliphatic heterocycles. The van der Waals surface area contributed by atoms with Crippen LogP contribution in [0.25, 0.3) is 33.9 Å². The van der Waals surface area contributed by atoms with Crippen molar-refractivity contribution in [2.45, 2.75) is 13.5 Å². The van der Waals surface area contributed by atoms with E-state index in [0.29, 0.717) is 22.0 Å². The molecule has 33 heavy (non-hydrogen) atoms. The van der Waals surface area contributed by atoms with Crippen LogP contribution in [0, 0.1) is 6.92 Å². The van der Waals surface area contributed by atoms with Gasteiger partial charge in [-0.3, -0.25) is 22.9 Å². The second kappa shape index (κ2) is 8.06. The molecule has 0 bridgehead atoms. The third-order valence-corrected chi connectivity index (χ3v) is 6.09. The number of benzene rings is 2. The van der Waals surface area contributed by atoms with Crippen molar-refractivity contribution in [2.75, 3.05) is 13.7 Å². The predicted octanol–water partition coefficient (Wildman–Crippen LogP) is 3.41. The fourth-order valence-corrected chi connectivity index (χ4v) is 4.32. The topological polar surface area (TPSA) is 75.5 Å². The highest BCUT2D eigenvalue weighted by Crippen LogP contribution is 2.31. The molecular formula is C24H22ClN5O3. The normalized spacial score (nSPS) is 11.6. The van der Waals surface area contributed by atoms with Gasteiger partial charge in [0.15, 0.2) is 11.2 Å². The van der Waals surface area contributed by atoms with Crippen LogP contribution in [-0.2, 0) is 18.3 Å². The second-order valence-electron chi connectivity index (χ2n) is 7.89. The van der Waals surface area contributed by atoms with E-state index in [9.17, 15) is 9.59 Å². The maximum Gasteiger partial charge on any atom is 0.332 e. The first-order chi connectivity index (χ1) is 15.9. The lowest BCUT2D eigenvalue weighted by atomic mass is 10.1. The summed E-state index contributed by atoms with van der Waals surface area (Å²) in [5, 5.41) is 0.590. The number of rotatable bonds is 5. The molecule has 3 aromatic heterocycles. The highest BCUT2D eigenvalue weighted by atomic mass is 35.5. The summed E-state index contributed by atoms with van der Waals surface area (Å²) in [6.45, 7) is 2.40. The molecular weight excluding hydrogens is 442 g/mol. The zero-order valence-electron chi connectivity index (χ0n) is 18.4. The van der Waals surface area contributed by atoms with Gasteiger partial charge in [0.2, 0.25) is 5.78 Å². The average Bonchev–Trinajstić information content (AvgIpc) is 3.36. The Bertz CT molecular complexity index is 1630. The maximum absolute atomic E-state index is 13.4. The molecule has 0 N–H and O–H groups in total. The van der Waals surface area contributed by atoms with Crippen LogP contribution in [0.15, 0.2) is 64.3 Å². The van der Waals surface area contributed by atoms with Crippen LogP contribution < -0.4 is 11.2 Å². The lowest BCUT2D eigenvalue weighted by Gasteiger charge is -2.12. The van der Waals surface area contributed by atoms with E-state index < -0.39 is 11.2 Å². The van der Waals surface area contributed by atoms with Gasteiger partial charge in [-0.25, -0.2) is 4.79 Å². The van der Waals surface area contributed by atoms with E-state index in [4.69, 9.17) is 21.3 Å². The van der Waals surface area contributed by atoms with E-state index in [1.807, 2.05) is 66.2 Å².